The van der Waals surface area contributed by atoms with Gasteiger partial charge in [0.2, 0.25) is 7.41 Å². The molecule has 2 aliphatic rings. The van der Waals surface area contributed by atoms with Gasteiger partial charge in [0.1, 0.15) is 0 Å². The zero-order chi connectivity index (χ0) is 4.91. The summed E-state index contributed by atoms with van der Waals surface area (Å²) >= 11 is 0. The molecule has 2 aliphatic heterocycles. The van der Waals surface area contributed by atoms with Gasteiger partial charge in [-0.25, -0.2) is 0 Å². The second-order valence-electron chi connectivity index (χ2n) is 2.41. The third-order valence-electron chi connectivity index (χ3n) is 1.63. The second-order valence-corrected chi connectivity index (χ2v) is 2.41. The first-order valence-corrected chi connectivity index (χ1v) is 2.47. The monoisotopic (exact) mass is 100 g/mol. The predicted molar refractivity (Wildman–Crippen MR) is 25.7 cm³/mol. The Morgan fingerprint density at radius 2 is 2.29 bits per heavy atom. The maximum atomic E-state index is 11.8. The van der Waals surface area contributed by atoms with E-state index in [-0.39, 0.29) is 5.44 Å². The van der Waals surface area contributed by atoms with Crippen LogP contribution in [0.4, 0.5) is 4.48 Å². The Morgan fingerprint density at radius 1 is 1.71 bits per heavy atom. The molecular formula is C3H6BFN2. The lowest BCUT2D eigenvalue weighted by molar-refractivity contribution is -0.0545. The molecule has 2 fully saturated rings. The van der Waals surface area contributed by atoms with Gasteiger partial charge in [0.05, 0.1) is 0 Å². The van der Waals surface area contributed by atoms with Crippen LogP contribution in [0.3, 0.4) is 0 Å². The minimum absolute atomic E-state index is 0.245. The fourth-order valence-corrected chi connectivity index (χ4v) is 0.959. The van der Waals surface area contributed by atoms with Crippen LogP contribution in [0.5, 0.6) is 0 Å². The molecule has 0 radical (unpaired) electrons. The summed E-state index contributed by atoms with van der Waals surface area (Å²) in [6.07, 6.45) is 0. The van der Waals surface area contributed by atoms with Crippen LogP contribution in [0.15, 0.2) is 0 Å². The molecule has 0 aromatic rings. The zero-order valence-corrected chi connectivity index (χ0v) is 3.95. The normalized spacial score (nSPS) is 34.4. The van der Waals surface area contributed by atoms with Gasteiger partial charge in [-0.3, -0.25) is 0 Å². The van der Waals surface area contributed by atoms with Gasteiger partial charge in [0.25, 0.3) is 0 Å². The Labute approximate surface area is 41.9 Å². The molecule has 38 valence electrons. The van der Waals surface area contributed by atoms with Gasteiger partial charge in [0, 0.05) is 18.5 Å². The lowest BCUT2D eigenvalue weighted by Gasteiger charge is -2.30. The molecule has 0 atom stereocenters. The molecule has 1 N–H and O–H groups in total. The molecule has 4 heteroatoms. The molecule has 2 heterocycles. The van der Waals surface area contributed by atoms with Crippen molar-refractivity contribution in [2.75, 3.05) is 13.1 Å². The van der Waals surface area contributed by atoms with E-state index in [0.717, 1.165) is 12.5 Å². The molecule has 1 spiro atoms. The smallest absolute Gasteiger partial charge is 0.225 e. The molecule has 0 aromatic heterocycles. The fourth-order valence-electron chi connectivity index (χ4n) is 0.959. The molecule has 2 nitrogen and oxygen atoms in total. The third kappa shape index (κ3) is 0.408. The van der Waals surface area contributed by atoms with E-state index in [1.54, 1.807) is 0 Å². The van der Waals surface area contributed by atoms with E-state index in [0.29, 0.717) is 13.1 Å². The van der Waals surface area contributed by atoms with Crippen LogP contribution < -0.4 is 5.23 Å². The van der Waals surface area contributed by atoms with Crippen LogP contribution in [0.25, 0.3) is 0 Å². The molecule has 2 rings (SSSR count). The summed E-state index contributed by atoms with van der Waals surface area (Å²) in [5, 5.41) is 3.93. The summed E-state index contributed by atoms with van der Waals surface area (Å²) in [7, 11) is 1.02. The minimum Gasteiger partial charge on any atom is -0.355 e. The summed E-state index contributed by atoms with van der Waals surface area (Å²) in [5.41, 5.74) is 0.245. The second kappa shape index (κ2) is 0.857. The molecule has 0 bridgehead atoms. The minimum atomic E-state index is 0.245. The first-order valence-electron chi connectivity index (χ1n) is 2.47. The average molecular weight is 99.9 g/mol. The van der Waals surface area contributed by atoms with E-state index in [1.165, 1.54) is 0 Å². The summed E-state index contributed by atoms with van der Waals surface area (Å²) in [5.74, 6) is 0. The van der Waals surface area contributed by atoms with Crippen LogP contribution in [-0.4, -0.2) is 31.1 Å². The SMILES string of the molecule is FN1CC2(BN2)C1. The van der Waals surface area contributed by atoms with Crippen molar-refractivity contribution in [1.82, 2.24) is 10.3 Å². The summed E-state index contributed by atoms with van der Waals surface area (Å²) in [6.45, 7) is 1.21. The summed E-state index contributed by atoms with van der Waals surface area (Å²) in [4.78, 5) is 0. The highest BCUT2D eigenvalue weighted by atomic mass is 19.2. The van der Waals surface area contributed by atoms with Gasteiger partial charge in [0.15, 0.2) is 0 Å². The maximum Gasteiger partial charge on any atom is 0.225 e. The third-order valence-corrected chi connectivity index (χ3v) is 1.63. The van der Waals surface area contributed by atoms with E-state index < -0.39 is 0 Å². The van der Waals surface area contributed by atoms with Crippen molar-refractivity contribution < 1.29 is 4.48 Å². The number of nitrogens with one attached hydrogen (secondary N) is 1. The molecule has 2 saturated heterocycles. The van der Waals surface area contributed by atoms with Crippen molar-refractivity contribution in [3.63, 3.8) is 0 Å². The van der Waals surface area contributed by atoms with E-state index in [2.05, 4.69) is 5.23 Å². The van der Waals surface area contributed by atoms with Gasteiger partial charge >= 0.3 is 0 Å². The first kappa shape index (κ1) is 3.86. The summed E-state index contributed by atoms with van der Waals surface area (Å²) in [6, 6.07) is 0. The van der Waals surface area contributed by atoms with Gasteiger partial charge in [-0.05, 0) is 0 Å². The molecular weight excluding hydrogens is 93.9 g/mol. The number of rotatable bonds is 0. The molecule has 0 aliphatic carbocycles. The lowest BCUT2D eigenvalue weighted by Crippen LogP contribution is -2.51. The Bertz CT molecular complexity index is 95.1. The number of hydrogen-bond donors (Lipinski definition) is 1. The highest BCUT2D eigenvalue weighted by molar-refractivity contribution is 6.50. The highest BCUT2D eigenvalue weighted by Crippen LogP contribution is 2.26. The van der Waals surface area contributed by atoms with Crippen LogP contribution in [0.1, 0.15) is 0 Å². The zero-order valence-electron chi connectivity index (χ0n) is 3.95. The predicted octanol–water partition coefficient (Wildman–Crippen LogP) is -1.16. The van der Waals surface area contributed by atoms with Crippen molar-refractivity contribution in [3.8, 4) is 0 Å². The first-order chi connectivity index (χ1) is 3.31. The molecule has 0 amide bonds. The number of nitrogens with zero attached hydrogens (tertiary/aromatic N) is 1. The Balaban J connectivity index is 1.97. The van der Waals surface area contributed by atoms with Crippen LogP contribution >= 0.6 is 0 Å². The largest absolute Gasteiger partial charge is 0.355 e. The summed E-state index contributed by atoms with van der Waals surface area (Å²) < 4.78 is 11.8. The van der Waals surface area contributed by atoms with E-state index in [1.807, 2.05) is 0 Å². The number of hydrogen-bond acceptors (Lipinski definition) is 2. The van der Waals surface area contributed by atoms with Crippen LogP contribution in [0.2, 0.25) is 0 Å². The van der Waals surface area contributed by atoms with Gasteiger partial charge < -0.3 is 5.23 Å². The Morgan fingerprint density at radius 3 is 2.43 bits per heavy atom. The van der Waals surface area contributed by atoms with Gasteiger partial charge in [-0.15, -0.1) is 9.60 Å². The van der Waals surface area contributed by atoms with Crippen molar-refractivity contribution in [2.24, 2.45) is 0 Å². The molecule has 0 aromatic carbocycles. The average Bonchev–Trinajstić information content (AvgIpc) is 2.14. The van der Waals surface area contributed by atoms with E-state index in [4.69, 9.17) is 0 Å². The van der Waals surface area contributed by atoms with Gasteiger partial charge in [-0.2, -0.15) is 0 Å². The van der Waals surface area contributed by atoms with Crippen molar-refractivity contribution in [3.05, 3.63) is 0 Å². The van der Waals surface area contributed by atoms with E-state index in [9.17, 15) is 4.48 Å². The van der Waals surface area contributed by atoms with Crippen molar-refractivity contribution >= 4 is 7.41 Å². The van der Waals surface area contributed by atoms with Crippen molar-refractivity contribution in [1.29, 1.82) is 0 Å². The Hall–Kier alpha value is -0.0851. The standard InChI is InChI=1S/C3H6BFN2/c5-7-1-3(2-7)4-6-3/h4,6H,1-2H2. The highest BCUT2D eigenvalue weighted by Gasteiger charge is 2.54. The molecule has 7 heavy (non-hydrogen) atoms. The molecule has 0 saturated carbocycles. The van der Waals surface area contributed by atoms with E-state index >= 15 is 0 Å². The quantitative estimate of drug-likeness (QED) is 0.236. The van der Waals surface area contributed by atoms with Gasteiger partial charge in [-0.1, -0.05) is 0 Å². The molecule has 0 unspecified atom stereocenters. The van der Waals surface area contributed by atoms with Crippen molar-refractivity contribution in [2.45, 2.75) is 5.44 Å². The lowest BCUT2D eigenvalue weighted by atomic mass is 9.82. The number of halogens is 1. The fraction of sp³-hybridized carbons (Fsp3) is 1.00. The van der Waals surface area contributed by atoms with Crippen LogP contribution in [0, 0.1) is 0 Å². The Kier molecular flexibility index (Phi) is 0.473. The van der Waals surface area contributed by atoms with Crippen LogP contribution in [-0.2, 0) is 0 Å². The topological polar surface area (TPSA) is 25.2 Å². The maximum absolute atomic E-state index is 11.8.